The highest BCUT2D eigenvalue weighted by Crippen LogP contribution is 2.36. The lowest BCUT2D eigenvalue weighted by molar-refractivity contribution is 0.00578. The van der Waals surface area contributed by atoms with E-state index in [0.717, 1.165) is 31.1 Å². The van der Waals surface area contributed by atoms with Crippen LogP contribution in [0, 0.1) is 0 Å². The lowest BCUT2D eigenvalue weighted by atomic mass is 9.79. The molecule has 0 saturated carbocycles. The molecule has 248 valence electrons. The van der Waals surface area contributed by atoms with Gasteiger partial charge in [0.25, 0.3) is 0 Å². The zero-order valence-electron chi connectivity index (χ0n) is 29.0. The Morgan fingerprint density at radius 1 is 0.605 bits per heavy atom. The third kappa shape index (κ3) is 15.3. The van der Waals surface area contributed by atoms with E-state index in [0.29, 0.717) is 19.6 Å². The average Bonchev–Trinajstić information content (AvgIpc) is 3.18. The molecule has 1 aromatic rings. The number of rotatable bonds is 25. The molecule has 1 heterocycles. The number of aliphatic hydroxyl groups excluding tert-OH is 2. The molecular formula is C37H68BNO4. The lowest BCUT2D eigenvalue weighted by Gasteiger charge is -2.32. The van der Waals surface area contributed by atoms with Crippen LogP contribution in [0.4, 0.5) is 0 Å². The van der Waals surface area contributed by atoms with E-state index in [2.05, 4.69) is 70.7 Å². The van der Waals surface area contributed by atoms with E-state index >= 15 is 0 Å². The minimum absolute atomic E-state index is 0.358. The van der Waals surface area contributed by atoms with Crippen molar-refractivity contribution < 1.29 is 19.5 Å². The molecule has 1 fully saturated rings. The number of hydrogen-bond acceptors (Lipinski definition) is 5. The third-order valence-electron chi connectivity index (χ3n) is 9.63. The maximum absolute atomic E-state index is 10.9. The fourth-order valence-corrected chi connectivity index (χ4v) is 6.03. The summed E-state index contributed by atoms with van der Waals surface area (Å²) in [5, 5.41) is 21.9. The fraction of sp³-hybridized carbons (Fsp3) is 0.838. The summed E-state index contributed by atoms with van der Waals surface area (Å²) >= 11 is 0. The minimum Gasteiger partial charge on any atom is -0.399 e. The molecule has 0 aliphatic carbocycles. The van der Waals surface area contributed by atoms with Gasteiger partial charge in [0.1, 0.15) is 0 Å². The zero-order valence-corrected chi connectivity index (χ0v) is 29.0. The van der Waals surface area contributed by atoms with Crippen LogP contribution in [0.25, 0.3) is 0 Å². The molecule has 2 N–H and O–H groups in total. The van der Waals surface area contributed by atoms with Gasteiger partial charge in [0.05, 0.1) is 23.4 Å². The van der Waals surface area contributed by atoms with Crippen molar-refractivity contribution in [2.75, 3.05) is 13.1 Å². The lowest BCUT2D eigenvalue weighted by Crippen LogP contribution is -2.41. The first-order chi connectivity index (χ1) is 20.6. The van der Waals surface area contributed by atoms with Gasteiger partial charge in [-0.3, -0.25) is 4.90 Å². The van der Waals surface area contributed by atoms with E-state index in [1.165, 1.54) is 95.5 Å². The molecule has 1 saturated heterocycles. The summed E-state index contributed by atoms with van der Waals surface area (Å²) in [6.07, 6.45) is 21.3. The molecule has 2 atom stereocenters. The molecule has 1 aliphatic rings. The van der Waals surface area contributed by atoms with Gasteiger partial charge in [0.15, 0.2) is 0 Å². The molecule has 0 amide bonds. The van der Waals surface area contributed by atoms with Crippen LogP contribution in [-0.4, -0.2) is 58.7 Å². The summed E-state index contributed by atoms with van der Waals surface area (Å²) in [5.74, 6) is 0. The van der Waals surface area contributed by atoms with E-state index < -0.39 is 0 Å². The molecule has 6 heteroatoms. The van der Waals surface area contributed by atoms with Crippen LogP contribution >= 0.6 is 0 Å². The van der Waals surface area contributed by atoms with Crippen molar-refractivity contribution in [2.24, 2.45) is 0 Å². The standard InChI is InChI=1S/C37H68BNO4/c1-7-9-11-13-15-17-19-21-23-34(40)30-39(31-35(41)24-22-20-18-16-14-12-10-8-2)29-32-25-27-33(28-26-32)38-42-36(3,4)37(5,6)43-38/h25-28,34-35,40-41H,7-24,29-31H2,1-6H3. The van der Waals surface area contributed by atoms with Gasteiger partial charge in [-0.25, -0.2) is 0 Å². The highest BCUT2D eigenvalue weighted by atomic mass is 16.7. The Morgan fingerprint density at radius 2 is 0.977 bits per heavy atom. The molecule has 2 rings (SSSR count). The summed E-state index contributed by atoms with van der Waals surface area (Å²) < 4.78 is 12.5. The van der Waals surface area contributed by atoms with Crippen molar-refractivity contribution in [2.45, 2.75) is 187 Å². The van der Waals surface area contributed by atoms with Crippen LogP contribution in [-0.2, 0) is 15.9 Å². The van der Waals surface area contributed by atoms with Gasteiger partial charge in [-0.2, -0.15) is 0 Å². The van der Waals surface area contributed by atoms with Gasteiger partial charge >= 0.3 is 7.12 Å². The van der Waals surface area contributed by atoms with Crippen LogP contribution in [0.5, 0.6) is 0 Å². The summed E-state index contributed by atoms with van der Waals surface area (Å²) in [4.78, 5) is 2.26. The average molecular weight is 602 g/mol. The van der Waals surface area contributed by atoms with E-state index in [1.54, 1.807) is 0 Å². The maximum atomic E-state index is 10.9. The normalized spacial score (nSPS) is 17.6. The number of unbranched alkanes of at least 4 members (excludes halogenated alkanes) is 14. The first-order valence-electron chi connectivity index (χ1n) is 18.1. The van der Waals surface area contributed by atoms with Crippen LogP contribution in [0.3, 0.4) is 0 Å². The van der Waals surface area contributed by atoms with Gasteiger partial charge in [0.2, 0.25) is 0 Å². The Kier molecular flexibility index (Phi) is 18.7. The molecule has 43 heavy (non-hydrogen) atoms. The van der Waals surface area contributed by atoms with E-state index in [9.17, 15) is 10.2 Å². The Balaban J connectivity index is 1.86. The van der Waals surface area contributed by atoms with Gasteiger partial charge < -0.3 is 19.5 Å². The molecule has 1 aliphatic heterocycles. The van der Waals surface area contributed by atoms with Gasteiger partial charge in [-0.05, 0) is 51.6 Å². The fourth-order valence-electron chi connectivity index (χ4n) is 6.03. The molecule has 2 unspecified atom stereocenters. The first kappa shape index (κ1) is 38.3. The maximum Gasteiger partial charge on any atom is 0.494 e. The number of benzene rings is 1. The van der Waals surface area contributed by atoms with Crippen molar-refractivity contribution in [1.82, 2.24) is 4.90 Å². The second kappa shape index (κ2) is 21.0. The molecule has 5 nitrogen and oxygen atoms in total. The van der Waals surface area contributed by atoms with Crippen molar-refractivity contribution in [3.05, 3.63) is 29.8 Å². The molecule has 0 aromatic heterocycles. The first-order valence-corrected chi connectivity index (χ1v) is 18.1. The van der Waals surface area contributed by atoms with Crippen molar-refractivity contribution >= 4 is 12.6 Å². The van der Waals surface area contributed by atoms with E-state index in [-0.39, 0.29) is 30.5 Å². The molecule has 0 spiro atoms. The quantitative estimate of drug-likeness (QED) is 0.0869. The van der Waals surface area contributed by atoms with E-state index in [4.69, 9.17) is 9.31 Å². The summed E-state index contributed by atoms with van der Waals surface area (Å²) in [5.41, 5.74) is 1.49. The highest BCUT2D eigenvalue weighted by Gasteiger charge is 2.51. The van der Waals surface area contributed by atoms with Gasteiger partial charge in [-0.1, -0.05) is 141 Å². The Morgan fingerprint density at radius 3 is 1.37 bits per heavy atom. The van der Waals surface area contributed by atoms with Gasteiger partial charge in [-0.15, -0.1) is 0 Å². The molecule has 0 bridgehead atoms. The third-order valence-corrected chi connectivity index (χ3v) is 9.63. The van der Waals surface area contributed by atoms with E-state index in [1.807, 2.05) is 0 Å². The van der Waals surface area contributed by atoms with Crippen LogP contribution in [0.1, 0.15) is 163 Å². The topological polar surface area (TPSA) is 62.2 Å². The monoisotopic (exact) mass is 602 g/mol. The SMILES string of the molecule is CCCCCCCCCCC(O)CN(Cc1ccc(B2OC(C)(C)C(C)(C)O2)cc1)CC(O)CCCCCCCCCC. The smallest absolute Gasteiger partial charge is 0.399 e. The van der Waals surface area contributed by atoms with Gasteiger partial charge in [0, 0.05) is 19.6 Å². The predicted octanol–water partition coefficient (Wildman–Crippen LogP) is 8.57. The Hall–Kier alpha value is -0.915. The summed E-state index contributed by atoms with van der Waals surface area (Å²) in [6.45, 7) is 14.8. The predicted molar refractivity (Wildman–Crippen MR) is 184 cm³/mol. The summed E-state index contributed by atoms with van der Waals surface area (Å²) in [7, 11) is -0.364. The minimum atomic E-state index is -0.364. The highest BCUT2D eigenvalue weighted by molar-refractivity contribution is 6.62. The number of aliphatic hydroxyl groups is 2. The Labute approximate surface area is 266 Å². The number of hydrogen-bond donors (Lipinski definition) is 2. The van der Waals surface area contributed by atoms with Crippen LogP contribution in [0.15, 0.2) is 24.3 Å². The Bertz CT molecular complexity index is 786. The molecular weight excluding hydrogens is 533 g/mol. The van der Waals surface area contributed by atoms with Crippen molar-refractivity contribution in [3.63, 3.8) is 0 Å². The zero-order chi connectivity index (χ0) is 31.6. The number of nitrogens with zero attached hydrogens (tertiary/aromatic N) is 1. The van der Waals surface area contributed by atoms with Crippen molar-refractivity contribution in [3.8, 4) is 0 Å². The van der Waals surface area contributed by atoms with Crippen molar-refractivity contribution in [1.29, 1.82) is 0 Å². The van der Waals surface area contributed by atoms with Crippen LogP contribution in [0.2, 0.25) is 0 Å². The second-order valence-electron chi connectivity index (χ2n) is 14.4. The summed E-state index contributed by atoms with van der Waals surface area (Å²) in [6, 6.07) is 8.49. The van der Waals surface area contributed by atoms with Crippen LogP contribution < -0.4 is 5.46 Å². The molecule has 1 aromatic carbocycles. The second-order valence-corrected chi connectivity index (χ2v) is 14.4. The molecule has 0 radical (unpaired) electrons. The largest absolute Gasteiger partial charge is 0.494 e.